The summed E-state index contributed by atoms with van der Waals surface area (Å²) in [5, 5.41) is 2.57. The van der Waals surface area contributed by atoms with Crippen molar-refractivity contribution in [3.8, 4) is 0 Å². The molecule has 0 aliphatic rings. The molecule has 0 nitrogen and oxygen atoms in total. The highest BCUT2D eigenvalue weighted by Crippen LogP contribution is 2.26. The van der Waals surface area contributed by atoms with Gasteiger partial charge < -0.3 is 0 Å². The molecule has 0 aliphatic carbocycles. The zero-order chi connectivity index (χ0) is 24.8. The lowest BCUT2D eigenvalue weighted by Crippen LogP contribution is -1.88. The van der Waals surface area contributed by atoms with E-state index in [9.17, 15) is 0 Å². The van der Waals surface area contributed by atoms with Crippen molar-refractivity contribution in [3.05, 3.63) is 103 Å². The predicted molar refractivity (Wildman–Crippen MR) is 191 cm³/mol. The first-order chi connectivity index (χ1) is 15.8. The quantitative estimate of drug-likeness (QED) is 0.263. The molecule has 0 spiro atoms. The van der Waals surface area contributed by atoms with Gasteiger partial charge in [0, 0.05) is 15.1 Å². The summed E-state index contributed by atoms with van der Waals surface area (Å²) in [6.07, 6.45) is 6.23. The molecule has 0 heterocycles. The minimum absolute atomic E-state index is 0. The highest BCUT2D eigenvalue weighted by molar-refractivity contribution is 6.34. The zero-order valence-electron chi connectivity index (χ0n) is 21.1. The van der Waals surface area contributed by atoms with E-state index in [1.54, 1.807) is 0 Å². The van der Waals surface area contributed by atoms with Gasteiger partial charge in [-0.2, -0.15) is 0 Å². The molecule has 3 rings (SSSR count). The average molecular weight is 602 g/mol. The van der Waals surface area contributed by atoms with Gasteiger partial charge in [-0.1, -0.05) is 157 Å². The van der Waals surface area contributed by atoms with Gasteiger partial charge in [0.05, 0.1) is 0 Å². The van der Waals surface area contributed by atoms with E-state index in [2.05, 4.69) is 84.0 Å². The Morgan fingerprint density at radius 2 is 0.641 bits per heavy atom. The Morgan fingerprint density at radius 1 is 0.359 bits per heavy atom. The molecule has 0 unspecified atom stereocenters. The number of halogens is 3. The van der Waals surface area contributed by atoms with Gasteiger partial charge in [-0.05, 0) is 90.1 Å². The summed E-state index contributed by atoms with van der Waals surface area (Å²) in [4.78, 5) is 0. The Balaban J connectivity index is -0.0000000975. The summed E-state index contributed by atoms with van der Waals surface area (Å²) in [5.41, 5.74) is 7.66. The second-order valence-corrected chi connectivity index (χ2v) is 9.12. The molecule has 0 N–H and O–H groups in total. The van der Waals surface area contributed by atoms with Gasteiger partial charge in [-0.15, -0.1) is 0 Å². The van der Waals surface area contributed by atoms with Crippen LogP contribution in [-0.4, -0.2) is 0 Å². The van der Waals surface area contributed by atoms with E-state index in [1.807, 2.05) is 12.1 Å². The molecule has 0 aliphatic heterocycles. The minimum Gasteiger partial charge on any atom is -0.0840 e. The molecule has 3 aromatic rings. The minimum atomic E-state index is 0. The molecular weight excluding hydrogens is 539 g/mol. The van der Waals surface area contributed by atoms with Crippen LogP contribution in [0, 0.1) is 0 Å². The Hall–Kier alpha value is -1.47. The van der Waals surface area contributed by atoms with Gasteiger partial charge in [0.2, 0.25) is 0 Å². The predicted octanol–water partition coefficient (Wildman–Crippen LogP) is 14.2. The van der Waals surface area contributed by atoms with Crippen LogP contribution in [0.3, 0.4) is 0 Å². The molecule has 0 radical (unpaired) electrons. The Kier molecular flexibility index (Phi) is 36.3. The first-order valence-electron chi connectivity index (χ1n) is 12.1. The number of hydrogen-bond acceptors (Lipinski definition) is 0. The van der Waals surface area contributed by atoms with E-state index in [-0.39, 0.29) is 44.6 Å². The number of benzene rings is 3. The summed E-state index contributed by atoms with van der Waals surface area (Å²) in [6.45, 7) is 12.8. The van der Waals surface area contributed by atoms with E-state index in [0.717, 1.165) is 64.7 Å². The lowest BCUT2D eigenvalue weighted by atomic mass is 10.1. The molecule has 228 valence electrons. The summed E-state index contributed by atoms with van der Waals surface area (Å²) in [7, 11) is 0. The Morgan fingerprint density at radius 3 is 0.897 bits per heavy atom. The number of hydrogen-bond donors (Lipinski definition) is 0. The third-order valence-corrected chi connectivity index (χ3v) is 6.78. The van der Waals surface area contributed by atoms with Crippen LogP contribution in [0.15, 0.2) is 54.6 Å². The van der Waals surface area contributed by atoms with Crippen molar-refractivity contribution in [1.29, 1.82) is 0 Å². The number of rotatable bonds is 6. The second kappa shape index (κ2) is 28.1. The van der Waals surface area contributed by atoms with Crippen molar-refractivity contribution in [2.75, 3.05) is 0 Å². The first kappa shape index (κ1) is 50.4. The van der Waals surface area contributed by atoms with Crippen LogP contribution in [0.5, 0.6) is 0 Å². The second-order valence-electron chi connectivity index (χ2n) is 7.90. The fourth-order valence-electron chi connectivity index (χ4n) is 3.28. The molecule has 39 heavy (non-hydrogen) atoms. The van der Waals surface area contributed by atoms with Crippen molar-refractivity contribution >= 4 is 34.8 Å². The van der Waals surface area contributed by atoms with Crippen molar-refractivity contribution in [2.45, 2.75) is 125 Å². The highest BCUT2D eigenvalue weighted by Gasteiger charge is 2.04. The van der Waals surface area contributed by atoms with Crippen molar-refractivity contribution in [1.82, 2.24) is 0 Å². The van der Waals surface area contributed by atoms with Crippen molar-refractivity contribution in [3.63, 3.8) is 0 Å². The molecule has 0 saturated heterocycles. The molecule has 0 atom stereocenters. The SMILES string of the molecule is C.C.C.C.C.C.CCc1cc(Cl)c(CC)cc1Cl.CCc1ccc(CC)c(Cl)c1.CCc1ccc(CC)cc1. The first-order valence-corrected chi connectivity index (χ1v) is 13.3. The normalized spacial score (nSPS) is 8.54. The molecular formula is C36H63Cl3. The highest BCUT2D eigenvalue weighted by atomic mass is 35.5. The molecule has 0 amide bonds. The van der Waals surface area contributed by atoms with Gasteiger partial charge in [0.1, 0.15) is 0 Å². The summed E-state index contributed by atoms with van der Waals surface area (Å²) in [5.74, 6) is 0. The maximum absolute atomic E-state index is 6.02. The average Bonchev–Trinajstić information content (AvgIpc) is 2.85. The molecule has 0 aromatic heterocycles. The Bertz CT molecular complexity index is 907. The monoisotopic (exact) mass is 600 g/mol. The van der Waals surface area contributed by atoms with Crippen LogP contribution in [0.2, 0.25) is 15.1 Å². The molecule has 3 heteroatoms. The van der Waals surface area contributed by atoms with E-state index in [4.69, 9.17) is 34.8 Å². The van der Waals surface area contributed by atoms with Gasteiger partial charge in [0.15, 0.2) is 0 Å². The van der Waals surface area contributed by atoms with Crippen LogP contribution >= 0.6 is 34.8 Å². The number of aryl methyl sites for hydroxylation is 6. The molecule has 0 bridgehead atoms. The standard InChI is InChI=1S/C10H12Cl2.C10H13Cl.C10H14.6CH4/c1-3-7-5-10(12)8(4-2)6-9(7)11;1-3-8-5-6-9(4-2)10(11)7-8;1-3-9-5-7-10(4-2)8-6-9;;;;;;/h5-6H,3-4H2,1-2H3;5-7H,3-4H2,1-2H3;5-8H,3-4H2,1-2H3;6*1H4. The van der Waals surface area contributed by atoms with Gasteiger partial charge in [-0.25, -0.2) is 0 Å². The van der Waals surface area contributed by atoms with Crippen molar-refractivity contribution < 1.29 is 0 Å². The topological polar surface area (TPSA) is 0 Å². The third kappa shape index (κ3) is 17.8. The zero-order valence-corrected chi connectivity index (χ0v) is 23.3. The maximum Gasteiger partial charge on any atom is 0.0441 e. The smallest absolute Gasteiger partial charge is 0.0441 e. The largest absolute Gasteiger partial charge is 0.0840 e. The molecule has 3 aromatic carbocycles. The van der Waals surface area contributed by atoms with Crippen LogP contribution in [-0.2, 0) is 38.5 Å². The summed E-state index contributed by atoms with van der Waals surface area (Å²) in [6, 6.07) is 19.1. The van der Waals surface area contributed by atoms with Gasteiger partial charge >= 0.3 is 0 Å². The molecule has 0 saturated carbocycles. The maximum atomic E-state index is 6.02. The van der Waals surface area contributed by atoms with E-state index in [1.165, 1.54) is 22.3 Å². The fourth-order valence-corrected chi connectivity index (χ4v) is 4.26. The van der Waals surface area contributed by atoms with Crippen LogP contribution in [0.4, 0.5) is 0 Å². The van der Waals surface area contributed by atoms with Crippen LogP contribution in [0.1, 0.15) is 119 Å². The van der Waals surface area contributed by atoms with E-state index in [0.29, 0.717) is 0 Å². The van der Waals surface area contributed by atoms with Gasteiger partial charge in [-0.3, -0.25) is 0 Å². The summed E-state index contributed by atoms with van der Waals surface area (Å²) >= 11 is 18.1. The van der Waals surface area contributed by atoms with Gasteiger partial charge in [0.25, 0.3) is 0 Å². The van der Waals surface area contributed by atoms with E-state index < -0.39 is 0 Å². The molecule has 0 fully saturated rings. The summed E-state index contributed by atoms with van der Waals surface area (Å²) < 4.78 is 0. The fraction of sp³-hybridized carbons (Fsp3) is 0.500. The lowest BCUT2D eigenvalue weighted by Gasteiger charge is -2.05. The Labute approximate surface area is 261 Å². The van der Waals surface area contributed by atoms with E-state index >= 15 is 0 Å². The van der Waals surface area contributed by atoms with Crippen LogP contribution in [0.25, 0.3) is 0 Å². The third-order valence-electron chi connectivity index (χ3n) is 5.72. The van der Waals surface area contributed by atoms with Crippen LogP contribution < -0.4 is 0 Å². The lowest BCUT2D eigenvalue weighted by molar-refractivity contribution is 1.10. The van der Waals surface area contributed by atoms with Crippen molar-refractivity contribution in [2.24, 2.45) is 0 Å².